The van der Waals surface area contributed by atoms with Crippen molar-refractivity contribution in [1.29, 1.82) is 0 Å². The average Bonchev–Trinajstić information content (AvgIpc) is 3.33. The van der Waals surface area contributed by atoms with Gasteiger partial charge in [0.2, 0.25) is 0 Å². The minimum atomic E-state index is -3.73. The normalized spacial score (nSPS) is 13.7. The van der Waals surface area contributed by atoms with E-state index in [9.17, 15) is 13.2 Å². The number of nitrogens with one attached hydrogen (secondary N) is 2. The second-order valence-corrected chi connectivity index (χ2v) is 9.04. The number of nitrogens with zero attached hydrogens (tertiary/aromatic N) is 2. The molecule has 7 nitrogen and oxygen atoms in total. The number of hydrogen-bond acceptors (Lipinski definition) is 5. The maximum Gasteiger partial charge on any atom is 0.270 e. The van der Waals surface area contributed by atoms with Crippen LogP contribution in [0.4, 0.5) is 11.4 Å². The van der Waals surface area contributed by atoms with Crippen LogP contribution in [-0.4, -0.2) is 32.4 Å². The Kier molecular flexibility index (Phi) is 6.18. The van der Waals surface area contributed by atoms with E-state index in [0.29, 0.717) is 11.4 Å². The van der Waals surface area contributed by atoms with Crippen molar-refractivity contribution in [2.24, 2.45) is 0 Å². The second-order valence-electron chi connectivity index (χ2n) is 7.36. The van der Waals surface area contributed by atoms with Crippen molar-refractivity contribution in [3.63, 3.8) is 0 Å². The van der Waals surface area contributed by atoms with Crippen molar-refractivity contribution in [3.8, 4) is 0 Å². The lowest BCUT2D eigenvalue weighted by molar-refractivity contribution is 0.0946. The molecular formula is C23H24N4O3S. The topological polar surface area (TPSA) is 91.4 Å². The summed E-state index contributed by atoms with van der Waals surface area (Å²) in [5.41, 5.74) is 2.61. The Hall–Kier alpha value is -3.39. The molecule has 1 aliphatic rings. The number of carbonyl (C=O) groups excluding carboxylic acids is 1. The standard InChI is InChI=1S/C23H24N4O3S/c28-23(21-8-3-4-14-24-21)25-17-18-10-12-19(13-11-18)31(29,30)26-20-7-1-2-9-22(20)27-15-5-6-16-27/h1-4,7-14,26H,5-6,15-17H2,(H,25,28). The number of carbonyl (C=O) groups is 1. The van der Waals surface area contributed by atoms with Crippen LogP contribution in [0.3, 0.4) is 0 Å². The highest BCUT2D eigenvalue weighted by atomic mass is 32.2. The van der Waals surface area contributed by atoms with Gasteiger partial charge in [-0.25, -0.2) is 8.42 Å². The van der Waals surface area contributed by atoms with E-state index in [-0.39, 0.29) is 17.3 Å². The number of anilines is 2. The maximum atomic E-state index is 12.9. The van der Waals surface area contributed by atoms with Crippen molar-refractivity contribution in [3.05, 3.63) is 84.2 Å². The van der Waals surface area contributed by atoms with Crippen LogP contribution in [0, 0.1) is 0 Å². The molecule has 0 atom stereocenters. The zero-order valence-corrected chi connectivity index (χ0v) is 17.8. The fourth-order valence-electron chi connectivity index (χ4n) is 3.55. The van der Waals surface area contributed by atoms with E-state index >= 15 is 0 Å². The summed E-state index contributed by atoms with van der Waals surface area (Å²) < 4.78 is 28.6. The first-order chi connectivity index (χ1) is 15.0. The molecule has 0 saturated carbocycles. The summed E-state index contributed by atoms with van der Waals surface area (Å²) in [6.07, 6.45) is 3.78. The van der Waals surface area contributed by atoms with Gasteiger partial charge in [-0.05, 0) is 54.8 Å². The number of hydrogen-bond donors (Lipinski definition) is 2. The molecule has 8 heteroatoms. The van der Waals surface area contributed by atoms with Crippen molar-refractivity contribution < 1.29 is 13.2 Å². The third kappa shape index (κ3) is 5.03. The summed E-state index contributed by atoms with van der Waals surface area (Å²) in [4.78, 5) is 18.5. The highest BCUT2D eigenvalue weighted by Crippen LogP contribution is 2.30. The Balaban J connectivity index is 1.43. The summed E-state index contributed by atoms with van der Waals surface area (Å²) in [7, 11) is -3.73. The van der Waals surface area contributed by atoms with Gasteiger partial charge in [-0.3, -0.25) is 14.5 Å². The molecule has 31 heavy (non-hydrogen) atoms. The molecule has 2 N–H and O–H groups in total. The molecule has 2 aromatic carbocycles. The van der Waals surface area contributed by atoms with Gasteiger partial charge in [0, 0.05) is 25.8 Å². The van der Waals surface area contributed by atoms with E-state index in [1.54, 1.807) is 54.7 Å². The van der Waals surface area contributed by atoms with Crippen LogP contribution in [0.15, 0.2) is 77.8 Å². The summed E-state index contributed by atoms with van der Waals surface area (Å²) in [6.45, 7) is 2.14. The second kappa shape index (κ2) is 9.18. The molecule has 2 heterocycles. The zero-order chi connectivity index (χ0) is 21.7. The predicted octanol–water partition coefficient (Wildman–Crippen LogP) is 3.41. The Morgan fingerprint density at radius 1 is 0.935 bits per heavy atom. The van der Waals surface area contributed by atoms with E-state index in [1.165, 1.54) is 0 Å². The number of amides is 1. The Morgan fingerprint density at radius 3 is 2.35 bits per heavy atom. The van der Waals surface area contributed by atoms with Gasteiger partial charge in [-0.15, -0.1) is 0 Å². The first kappa shape index (κ1) is 20.9. The van der Waals surface area contributed by atoms with Gasteiger partial charge in [0.15, 0.2) is 0 Å². The minimum Gasteiger partial charge on any atom is -0.370 e. The molecule has 0 bridgehead atoms. The molecule has 1 amide bonds. The minimum absolute atomic E-state index is 0.170. The number of rotatable bonds is 7. The first-order valence-corrected chi connectivity index (χ1v) is 11.7. The van der Waals surface area contributed by atoms with Crippen LogP contribution >= 0.6 is 0 Å². The highest BCUT2D eigenvalue weighted by Gasteiger charge is 2.20. The molecule has 4 rings (SSSR count). The zero-order valence-electron chi connectivity index (χ0n) is 17.0. The Bertz CT molecular complexity index is 1140. The average molecular weight is 437 g/mol. The van der Waals surface area contributed by atoms with Crippen LogP contribution in [0.5, 0.6) is 0 Å². The lowest BCUT2D eigenvalue weighted by Crippen LogP contribution is -2.23. The first-order valence-electron chi connectivity index (χ1n) is 10.2. The maximum absolute atomic E-state index is 12.9. The predicted molar refractivity (Wildman–Crippen MR) is 121 cm³/mol. The number of para-hydroxylation sites is 2. The molecule has 1 saturated heterocycles. The van der Waals surface area contributed by atoms with Crippen LogP contribution < -0.4 is 14.9 Å². The lowest BCUT2D eigenvalue weighted by atomic mass is 10.2. The van der Waals surface area contributed by atoms with Gasteiger partial charge in [-0.2, -0.15) is 0 Å². The Labute approximate surface area is 182 Å². The van der Waals surface area contributed by atoms with Gasteiger partial charge in [0.25, 0.3) is 15.9 Å². The van der Waals surface area contributed by atoms with Crippen molar-refractivity contribution in [2.45, 2.75) is 24.3 Å². The van der Waals surface area contributed by atoms with Crippen LogP contribution in [-0.2, 0) is 16.6 Å². The number of benzene rings is 2. The monoisotopic (exact) mass is 436 g/mol. The van der Waals surface area contributed by atoms with Crippen molar-refractivity contribution >= 4 is 27.3 Å². The van der Waals surface area contributed by atoms with Gasteiger partial charge in [0.1, 0.15) is 5.69 Å². The fourth-order valence-corrected chi connectivity index (χ4v) is 4.63. The fraction of sp³-hybridized carbons (Fsp3) is 0.217. The van der Waals surface area contributed by atoms with Crippen LogP contribution in [0.2, 0.25) is 0 Å². The summed E-state index contributed by atoms with van der Waals surface area (Å²) in [5, 5.41) is 2.78. The van der Waals surface area contributed by atoms with Gasteiger partial charge in [0.05, 0.1) is 16.3 Å². The molecule has 1 aliphatic heterocycles. The molecule has 1 aromatic heterocycles. The third-order valence-corrected chi connectivity index (χ3v) is 6.56. The summed E-state index contributed by atoms with van der Waals surface area (Å²) >= 11 is 0. The number of sulfonamides is 1. The molecular weight excluding hydrogens is 412 g/mol. The van der Waals surface area contributed by atoms with E-state index in [0.717, 1.165) is 37.2 Å². The smallest absolute Gasteiger partial charge is 0.270 e. The highest BCUT2D eigenvalue weighted by molar-refractivity contribution is 7.92. The van der Waals surface area contributed by atoms with E-state index < -0.39 is 10.0 Å². The van der Waals surface area contributed by atoms with Crippen molar-refractivity contribution in [2.75, 3.05) is 22.7 Å². The quantitative estimate of drug-likeness (QED) is 0.592. The van der Waals surface area contributed by atoms with E-state index in [1.807, 2.05) is 18.2 Å². The number of pyridine rings is 1. The SMILES string of the molecule is O=C(NCc1ccc(S(=O)(=O)Nc2ccccc2N2CCCC2)cc1)c1ccccn1. The van der Waals surface area contributed by atoms with E-state index in [4.69, 9.17) is 0 Å². The van der Waals surface area contributed by atoms with Gasteiger partial charge >= 0.3 is 0 Å². The molecule has 0 spiro atoms. The molecule has 3 aromatic rings. The van der Waals surface area contributed by atoms with Crippen molar-refractivity contribution in [1.82, 2.24) is 10.3 Å². The molecule has 0 unspecified atom stereocenters. The lowest BCUT2D eigenvalue weighted by Gasteiger charge is -2.21. The summed E-state index contributed by atoms with van der Waals surface area (Å²) in [6, 6.07) is 19.1. The molecule has 160 valence electrons. The molecule has 1 fully saturated rings. The Morgan fingerprint density at radius 2 is 1.65 bits per heavy atom. The van der Waals surface area contributed by atoms with Crippen LogP contribution in [0.1, 0.15) is 28.9 Å². The van der Waals surface area contributed by atoms with Crippen LogP contribution in [0.25, 0.3) is 0 Å². The van der Waals surface area contributed by atoms with Gasteiger partial charge in [-0.1, -0.05) is 30.3 Å². The molecule has 0 aliphatic carbocycles. The molecule has 0 radical (unpaired) electrons. The third-order valence-electron chi connectivity index (χ3n) is 5.18. The van der Waals surface area contributed by atoms with E-state index in [2.05, 4.69) is 19.9 Å². The largest absolute Gasteiger partial charge is 0.370 e. The van der Waals surface area contributed by atoms with Gasteiger partial charge < -0.3 is 10.2 Å². The number of aromatic nitrogens is 1. The summed E-state index contributed by atoms with van der Waals surface area (Å²) in [5.74, 6) is -0.280.